The molecule has 5 heteroatoms. The summed E-state index contributed by atoms with van der Waals surface area (Å²) in [5.41, 5.74) is 2.12. The number of ether oxygens (including phenoxy) is 1. The van der Waals surface area contributed by atoms with Crippen LogP contribution in [0.2, 0.25) is 5.02 Å². The molecule has 0 N–H and O–H groups in total. The molecular weight excluding hydrogens is 250 g/mol. The highest BCUT2D eigenvalue weighted by molar-refractivity contribution is 6.30. The van der Waals surface area contributed by atoms with E-state index in [0.717, 1.165) is 11.4 Å². The fraction of sp³-hybridized carbons (Fsp3) is 0.231. The summed E-state index contributed by atoms with van der Waals surface area (Å²) >= 11 is 5.91. The molecule has 0 aliphatic carbocycles. The lowest BCUT2D eigenvalue weighted by Crippen LogP contribution is -1.94. The van der Waals surface area contributed by atoms with Crippen molar-refractivity contribution in [2.24, 2.45) is 7.05 Å². The molecule has 0 atom stereocenters. The van der Waals surface area contributed by atoms with Crippen LogP contribution in [0, 0.1) is 25.2 Å². The Labute approximate surface area is 110 Å². The van der Waals surface area contributed by atoms with Gasteiger partial charge in [0, 0.05) is 18.1 Å². The zero-order valence-electron chi connectivity index (χ0n) is 10.4. The van der Waals surface area contributed by atoms with E-state index in [0.29, 0.717) is 22.1 Å². The van der Waals surface area contributed by atoms with E-state index in [4.69, 9.17) is 21.6 Å². The predicted octanol–water partition coefficient (Wildman–Crippen LogP) is 3.35. The Morgan fingerprint density at radius 3 is 2.67 bits per heavy atom. The molecule has 18 heavy (non-hydrogen) atoms. The van der Waals surface area contributed by atoms with Crippen LogP contribution in [-0.2, 0) is 7.05 Å². The van der Waals surface area contributed by atoms with Gasteiger partial charge in [-0.15, -0.1) is 0 Å². The average Bonchev–Trinajstić information content (AvgIpc) is 2.56. The molecule has 0 bridgehead atoms. The summed E-state index contributed by atoms with van der Waals surface area (Å²) in [6.45, 7) is 3.77. The highest BCUT2D eigenvalue weighted by Crippen LogP contribution is 2.31. The van der Waals surface area contributed by atoms with E-state index < -0.39 is 0 Å². The van der Waals surface area contributed by atoms with Crippen molar-refractivity contribution in [3.63, 3.8) is 0 Å². The van der Waals surface area contributed by atoms with Gasteiger partial charge in [-0.3, -0.25) is 4.68 Å². The maximum atomic E-state index is 9.04. The van der Waals surface area contributed by atoms with Gasteiger partial charge in [0.1, 0.15) is 17.5 Å². The maximum absolute atomic E-state index is 9.04. The molecule has 1 aromatic carbocycles. The summed E-state index contributed by atoms with van der Waals surface area (Å²) in [4.78, 5) is 0. The minimum Gasteiger partial charge on any atom is -0.452 e. The molecule has 92 valence electrons. The second-order valence-corrected chi connectivity index (χ2v) is 4.41. The van der Waals surface area contributed by atoms with Gasteiger partial charge in [0.15, 0.2) is 5.75 Å². The Kier molecular flexibility index (Phi) is 3.26. The molecule has 2 rings (SSSR count). The topological polar surface area (TPSA) is 50.8 Å². The fourth-order valence-corrected chi connectivity index (χ4v) is 1.85. The molecule has 0 saturated heterocycles. The van der Waals surface area contributed by atoms with E-state index in [1.54, 1.807) is 22.9 Å². The smallest absolute Gasteiger partial charge is 0.171 e. The number of hydrogen-bond acceptors (Lipinski definition) is 3. The summed E-state index contributed by atoms with van der Waals surface area (Å²) in [6, 6.07) is 7.01. The van der Waals surface area contributed by atoms with Gasteiger partial charge in [0.2, 0.25) is 0 Å². The maximum Gasteiger partial charge on any atom is 0.171 e. The Hall–Kier alpha value is -1.99. The number of halogens is 1. The second-order valence-electron chi connectivity index (χ2n) is 3.98. The molecule has 0 spiro atoms. The summed E-state index contributed by atoms with van der Waals surface area (Å²) < 4.78 is 7.51. The van der Waals surface area contributed by atoms with Crippen LogP contribution in [-0.4, -0.2) is 9.78 Å². The Balaban J connectivity index is 2.46. The predicted molar refractivity (Wildman–Crippen MR) is 68.9 cm³/mol. The van der Waals surface area contributed by atoms with Gasteiger partial charge < -0.3 is 4.74 Å². The lowest BCUT2D eigenvalue weighted by molar-refractivity contribution is 0.472. The zero-order valence-corrected chi connectivity index (χ0v) is 11.1. The quantitative estimate of drug-likeness (QED) is 0.833. The van der Waals surface area contributed by atoms with Crippen LogP contribution < -0.4 is 4.74 Å². The number of nitriles is 1. The Morgan fingerprint density at radius 2 is 2.11 bits per heavy atom. The van der Waals surface area contributed by atoms with Crippen LogP contribution in [0.4, 0.5) is 0 Å². The van der Waals surface area contributed by atoms with Crippen molar-refractivity contribution < 1.29 is 4.74 Å². The molecule has 0 amide bonds. The fourth-order valence-electron chi connectivity index (χ4n) is 1.68. The third-order valence-electron chi connectivity index (χ3n) is 2.72. The minimum atomic E-state index is 0.446. The van der Waals surface area contributed by atoms with Crippen molar-refractivity contribution in [1.29, 1.82) is 5.26 Å². The van der Waals surface area contributed by atoms with Crippen LogP contribution in [0.15, 0.2) is 18.2 Å². The normalized spacial score (nSPS) is 10.2. The molecule has 0 saturated carbocycles. The lowest BCUT2D eigenvalue weighted by Gasteiger charge is -2.08. The number of rotatable bonds is 2. The summed E-state index contributed by atoms with van der Waals surface area (Å²) in [6.07, 6.45) is 0. The first-order valence-electron chi connectivity index (χ1n) is 5.40. The first-order valence-corrected chi connectivity index (χ1v) is 5.78. The van der Waals surface area contributed by atoms with Gasteiger partial charge in [0.05, 0.1) is 11.3 Å². The van der Waals surface area contributed by atoms with Crippen molar-refractivity contribution in [1.82, 2.24) is 9.78 Å². The average molecular weight is 262 g/mol. The lowest BCUT2D eigenvalue weighted by atomic mass is 10.2. The zero-order chi connectivity index (χ0) is 13.3. The van der Waals surface area contributed by atoms with Crippen molar-refractivity contribution >= 4 is 11.6 Å². The SMILES string of the molecule is Cc1nn(C)c(C)c1Oc1cc(Cl)ccc1C#N. The van der Waals surface area contributed by atoms with Crippen LogP contribution >= 0.6 is 11.6 Å². The van der Waals surface area contributed by atoms with Gasteiger partial charge >= 0.3 is 0 Å². The van der Waals surface area contributed by atoms with Gasteiger partial charge in [-0.25, -0.2) is 0 Å². The summed E-state index contributed by atoms with van der Waals surface area (Å²) in [5.74, 6) is 1.11. The van der Waals surface area contributed by atoms with Gasteiger partial charge in [-0.1, -0.05) is 11.6 Å². The van der Waals surface area contributed by atoms with Crippen molar-refractivity contribution in [3.05, 3.63) is 40.2 Å². The molecular formula is C13H12ClN3O. The van der Waals surface area contributed by atoms with Crippen molar-refractivity contribution in [3.8, 4) is 17.6 Å². The number of aromatic nitrogens is 2. The molecule has 2 aromatic rings. The molecule has 1 aromatic heterocycles. The largest absolute Gasteiger partial charge is 0.452 e. The van der Waals surface area contributed by atoms with Crippen LogP contribution in [0.5, 0.6) is 11.5 Å². The summed E-state index contributed by atoms with van der Waals surface area (Å²) in [7, 11) is 1.85. The molecule has 0 aliphatic heterocycles. The summed E-state index contributed by atoms with van der Waals surface area (Å²) in [5, 5.41) is 13.8. The van der Waals surface area contributed by atoms with E-state index in [-0.39, 0.29) is 0 Å². The molecule has 0 aliphatic rings. The first kappa shape index (κ1) is 12.5. The van der Waals surface area contributed by atoms with Crippen LogP contribution in [0.1, 0.15) is 17.0 Å². The number of benzene rings is 1. The van der Waals surface area contributed by atoms with Gasteiger partial charge in [0.25, 0.3) is 0 Å². The minimum absolute atomic E-state index is 0.446. The monoisotopic (exact) mass is 261 g/mol. The van der Waals surface area contributed by atoms with Crippen LogP contribution in [0.3, 0.4) is 0 Å². The Bertz CT molecular complexity index is 640. The molecule has 1 heterocycles. The Morgan fingerprint density at radius 1 is 1.39 bits per heavy atom. The third kappa shape index (κ3) is 2.18. The third-order valence-corrected chi connectivity index (χ3v) is 2.95. The van der Waals surface area contributed by atoms with E-state index in [1.807, 2.05) is 20.9 Å². The molecule has 0 radical (unpaired) electrons. The molecule has 4 nitrogen and oxygen atoms in total. The number of nitrogens with zero attached hydrogens (tertiary/aromatic N) is 3. The van der Waals surface area contributed by atoms with E-state index >= 15 is 0 Å². The molecule has 0 fully saturated rings. The second kappa shape index (κ2) is 4.71. The van der Waals surface area contributed by atoms with Crippen molar-refractivity contribution in [2.45, 2.75) is 13.8 Å². The van der Waals surface area contributed by atoms with E-state index in [1.165, 1.54) is 0 Å². The highest BCUT2D eigenvalue weighted by atomic mass is 35.5. The first-order chi connectivity index (χ1) is 8.52. The van der Waals surface area contributed by atoms with Gasteiger partial charge in [-0.05, 0) is 26.0 Å². The molecule has 0 unspecified atom stereocenters. The van der Waals surface area contributed by atoms with Crippen molar-refractivity contribution in [2.75, 3.05) is 0 Å². The van der Waals surface area contributed by atoms with Gasteiger partial charge in [-0.2, -0.15) is 10.4 Å². The number of aryl methyl sites for hydroxylation is 2. The number of hydrogen-bond donors (Lipinski definition) is 0. The van der Waals surface area contributed by atoms with Crippen LogP contribution in [0.25, 0.3) is 0 Å². The van der Waals surface area contributed by atoms with E-state index in [9.17, 15) is 0 Å². The van der Waals surface area contributed by atoms with E-state index in [2.05, 4.69) is 11.2 Å². The standard InChI is InChI=1S/C13H12ClN3O/c1-8-13(9(2)17(3)16-8)18-12-6-11(14)5-4-10(12)7-15/h4-6H,1-3H3. The highest BCUT2D eigenvalue weighted by Gasteiger charge is 2.14.